The van der Waals surface area contributed by atoms with Crippen LogP contribution in [0, 0.1) is 12.8 Å². The van der Waals surface area contributed by atoms with Crippen LogP contribution in [-0.4, -0.2) is 12.0 Å². The minimum absolute atomic E-state index is 0.749. The van der Waals surface area contributed by atoms with Gasteiger partial charge in [-0.05, 0) is 39.2 Å². The fourth-order valence-electron chi connectivity index (χ4n) is 2.62. The molecule has 0 radical (unpaired) electrons. The number of nitrogens with one attached hydrogen (secondary N) is 1. The predicted octanol–water partition coefficient (Wildman–Crippen LogP) is 3.46. The molecule has 3 heteroatoms. The molecule has 1 aromatic heterocycles. The smallest absolute Gasteiger partial charge is 0.0962 e. The third-order valence-corrected chi connectivity index (χ3v) is 5.03. The molecule has 0 aliphatic heterocycles. The molecule has 2 atom stereocenters. The highest BCUT2D eigenvalue weighted by Crippen LogP contribution is 2.41. The summed E-state index contributed by atoms with van der Waals surface area (Å²) in [4.78, 5) is 6.17. The standard InChI is InChI=1S/C13H22N2S/c1-4-10-5-6-11(7-10)13-15-9(2)12(16-13)8-14-3/h10-11,14H,4-8H2,1-3H3. The molecule has 1 aromatic rings. The molecule has 0 aromatic carbocycles. The monoisotopic (exact) mass is 238 g/mol. The molecule has 2 unspecified atom stereocenters. The van der Waals surface area contributed by atoms with E-state index in [-0.39, 0.29) is 0 Å². The normalized spacial score (nSPS) is 25.2. The van der Waals surface area contributed by atoms with Gasteiger partial charge in [-0.25, -0.2) is 4.98 Å². The summed E-state index contributed by atoms with van der Waals surface area (Å²) in [6.07, 6.45) is 5.46. The maximum Gasteiger partial charge on any atom is 0.0962 e. The first-order valence-electron chi connectivity index (χ1n) is 6.35. The first-order chi connectivity index (χ1) is 7.74. The van der Waals surface area contributed by atoms with Crippen molar-refractivity contribution in [2.45, 2.75) is 52.0 Å². The van der Waals surface area contributed by atoms with Crippen molar-refractivity contribution in [1.29, 1.82) is 0 Å². The Kier molecular flexibility index (Phi) is 3.98. The summed E-state index contributed by atoms with van der Waals surface area (Å²) in [6, 6.07) is 0. The molecule has 1 aliphatic carbocycles. The van der Waals surface area contributed by atoms with Gasteiger partial charge in [0, 0.05) is 17.3 Å². The molecule has 1 N–H and O–H groups in total. The van der Waals surface area contributed by atoms with E-state index in [0.29, 0.717) is 0 Å². The van der Waals surface area contributed by atoms with Crippen LogP contribution < -0.4 is 5.32 Å². The number of hydrogen-bond acceptors (Lipinski definition) is 3. The number of thiazole rings is 1. The Morgan fingerprint density at radius 3 is 2.88 bits per heavy atom. The van der Waals surface area contributed by atoms with Crippen LogP contribution in [0.25, 0.3) is 0 Å². The van der Waals surface area contributed by atoms with Gasteiger partial charge in [-0.1, -0.05) is 13.3 Å². The van der Waals surface area contributed by atoms with E-state index < -0.39 is 0 Å². The third kappa shape index (κ3) is 2.46. The highest BCUT2D eigenvalue weighted by atomic mass is 32.1. The molecule has 0 amide bonds. The number of aryl methyl sites for hydroxylation is 1. The van der Waals surface area contributed by atoms with Gasteiger partial charge in [-0.15, -0.1) is 11.3 Å². The van der Waals surface area contributed by atoms with E-state index in [1.165, 1.54) is 41.3 Å². The number of aromatic nitrogens is 1. The molecule has 0 saturated heterocycles. The first-order valence-corrected chi connectivity index (χ1v) is 7.17. The van der Waals surface area contributed by atoms with E-state index in [1.807, 2.05) is 18.4 Å². The summed E-state index contributed by atoms with van der Waals surface area (Å²) in [5, 5.41) is 4.61. The second kappa shape index (κ2) is 5.28. The van der Waals surface area contributed by atoms with Crippen molar-refractivity contribution in [3.05, 3.63) is 15.6 Å². The second-order valence-corrected chi connectivity index (χ2v) is 5.99. The van der Waals surface area contributed by atoms with Crippen molar-refractivity contribution in [1.82, 2.24) is 10.3 Å². The SMILES string of the molecule is CCC1CCC(c2nc(C)c(CNC)s2)C1. The van der Waals surface area contributed by atoms with E-state index in [0.717, 1.165) is 18.4 Å². The molecule has 2 nitrogen and oxygen atoms in total. The fourth-order valence-corrected chi connectivity index (χ4v) is 3.85. The summed E-state index contributed by atoms with van der Waals surface area (Å²) in [5.41, 5.74) is 1.23. The lowest BCUT2D eigenvalue weighted by molar-refractivity contribution is 0.521. The van der Waals surface area contributed by atoms with Gasteiger partial charge in [-0.2, -0.15) is 0 Å². The molecular formula is C13H22N2S. The van der Waals surface area contributed by atoms with Crippen LogP contribution in [0.3, 0.4) is 0 Å². The zero-order chi connectivity index (χ0) is 11.5. The van der Waals surface area contributed by atoms with Crippen molar-refractivity contribution in [3.8, 4) is 0 Å². The first kappa shape index (κ1) is 12.1. The summed E-state index contributed by atoms with van der Waals surface area (Å²) in [5.74, 6) is 1.70. The quantitative estimate of drug-likeness (QED) is 0.869. The van der Waals surface area contributed by atoms with Gasteiger partial charge in [0.2, 0.25) is 0 Å². The second-order valence-electron chi connectivity index (χ2n) is 4.88. The molecule has 1 aliphatic rings. The number of hydrogen-bond donors (Lipinski definition) is 1. The number of rotatable bonds is 4. The third-order valence-electron chi connectivity index (χ3n) is 3.71. The fraction of sp³-hybridized carbons (Fsp3) is 0.769. The lowest BCUT2D eigenvalue weighted by Crippen LogP contribution is -2.04. The van der Waals surface area contributed by atoms with E-state index in [9.17, 15) is 0 Å². The average molecular weight is 238 g/mol. The lowest BCUT2D eigenvalue weighted by Gasteiger charge is -2.06. The molecule has 90 valence electrons. The highest BCUT2D eigenvalue weighted by Gasteiger charge is 2.27. The lowest BCUT2D eigenvalue weighted by atomic mass is 10.0. The van der Waals surface area contributed by atoms with Gasteiger partial charge in [0.05, 0.1) is 10.7 Å². The summed E-state index contributed by atoms with van der Waals surface area (Å²) in [7, 11) is 2.00. The van der Waals surface area contributed by atoms with Gasteiger partial charge < -0.3 is 5.32 Å². The van der Waals surface area contributed by atoms with Gasteiger partial charge in [-0.3, -0.25) is 0 Å². The highest BCUT2D eigenvalue weighted by molar-refractivity contribution is 7.11. The van der Waals surface area contributed by atoms with Gasteiger partial charge in [0.25, 0.3) is 0 Å². The topological polar surface area (TPSA) is 24.9 Å². The number of nitrogens with zero attached hydrogens (tertiary/aromatic N) is 1. The largest absolute Gasteiger partial charge is 0.315 e. The van der Waals surface area contributed by atoms with Gasteiger partial charge in [0.1, 0.15) is 0 Å². The van der Waals surface area contributed by atoms with Gasteiger partial charge >= 0.3 is 0 Å². The Morgan fingerprint density at radius 2 is 2.25 bits per heavy atom. The van der Waals surface area contributed by atoms with Crippen molar-refractivity contribution < 1.29 is 0 Å². The Hall–Kier alpha value is -0.410. The van der Waals surface area contributed by atoms with Gasteiger partial charge in [0.15, 0.2) is 0 Å². The van der Waals surface area contributed by atoms with Crippen molar-refractivity contribution >= 4 is 11.3 Å². The molecule has 0 bridgehead atoms. The summed E-state index contributed by atoms with van der Waals surface area (Å²) < 4.78 is 0. The molecule has 1 fully saturated rings. The van der Waals surface area contributed by atoms with Crippen molar-refractivity contribution in [2.75, 3.05) is 7.05 Å². The molecular weight excluding hydrogens is 216 g/mol. The maximum atomic E-state index is 4.76. The Morgan fingerprint density at radius 1 is 1.44 bits per heavy atom. The Labute approximate surface area is 102 Å². The Balaban J connectivity index is 2.07. The van der Waals surface area contributed by atoms with Crippen LogP contribution in [0.2, 0.25) is 0 Å². The summed E-state index contributed by atoms with van der Waals surface area (Å²) in [6.45, 7) is 5.42. The maximum absolute atomic E-state index is 4.76. The van der Waals surface area contributed by atoms with Crippen LogP contribution in [0.5, 0.6) is 0 Å². The van der Waals surface area contributed by atoms with E-state index in [1.54, 1.807) is 0 Å². The van der Waals surface area contributed by atoms with E-state index >= 15 is 0 Å². The van der Waals surface area contributed by atoms with Crippen LogP contribution in [0.1, 0.15) is 54.1 Å². The van der Waals surface area contributed by atoms with Crippen LogP contribution in [0.15, 0.2) is 0 Å². The van der Waals surface area contributed by atoms with Crippen molar-refractivity contribution in [3.63, 3.8) is 0 Å². The van der Waals surface area contributed by atoms with E-state index in [4.69, 9.17) is 4.98 Å². The predicted molar refractivity (Wildman–Crippen MR) is 70.0 cm³/mol. The van der Waals surface area contributed by atoms with Crippen LogP contribution in [-0.2, 0) is 6.54 Å². The zero-order valence-electron chi connectivity index (χ0n) is 10.5. The molecule has 1 saturated carbocycles. The molecule has 0 spiro atoms. The van der Waals surface area contributed by atoms with Crippen LogP contribution in [0.4, 0.5) is 0 Å². The van der Waals surface area contributed by atoms with E-state index in [2.05, 4.69) is 19.2 Å². The summed E-state index contributed by atoms with van der Waals surface area (Å²) >= 11 is 1.92. The molecule has 16 heavy (non-hydrogen) atoms. The molecule has 2 rings (SSSR count). The average Bonchev–Trinajstić information content (AvgIpc) is 2.86. The van der Waals surface area contributed by atoms with Crippen molar-refractivity contribution in [2.24, 2.45) is 5.92 Å². The van der Waals surface area contributed by atoms with Crippen LogP contribution >= 0.6 is 11.3 Å². The zero-order valence-corrected chi connectivity index (χ0v) is 11.4. The minimum Gasteiger partial charge on any atom is -0.315 e. The minimum atomic E-state index is 0.749. The Bertz CT molecular complexity index is 346. The molecule has 1 heterocycles.